The maximum Gasteiger partial charge on any atom is 0.273 e. The Hall–Kier alpha value is -2.67. The van der Waals surface area contributed by atoms with Crippen LogP contribution in [0, 0.1) is 0 Å². The molecule has 1 atom stereocenters. The van der Waals surface area contributed by atoms with Crippen LogP contribution >= 0.6 is 11.6 Å². The van der Waals surface area contributed by atoms with Crippen molar-refractivity contribution in [1.29, 1.82) is 0 Å². The van der Waals surface area contributed by atoms with Gasteiger partial charge >= 0.3 is 0 Å². The van der Waals surface area contributed by atoms with Crippen molar-refractivity contribution in [3.05, 3.63) is 76.9 Å². The van der Waals surface area contributed by atoms with Gasteiger partial charge in [-0.15, -0.1) is 0 Å². The largest absolute Gasteiger partial charge is 0.379 e. The lowest BCUT2D eigenvalue weighted by molar-refractivity contribution is 0.0162. The molecule has 2 aromatic carbocycles. The van der Waals surface area contributed by atoms with Crippen LogP contribution in [0.25, 0.3) is 11.3 Å². The second-order valence-corrected chi connectivity index (χ2v) is 7.30. The van der Waals surface area contributed by atoms with Gasteiger partial charge in [-0.05, 0) is 17.7 Å². The predicted octanol–water partition coefficient (Wildman–Crippen LogP) is 3.80. The summed E-state index contributed by atoms with van der Waals surface area (Å²) < 4.78 is 10.8. The molecule has 1 N–H and O–H groups in total. The summed E-state index contributed by atoms with van der Waals surface area (Å²) in [5.74, 6) is 0.307. The highest BCUT2D eigenvalue weighted by molar-refractivity contribution is 6.30. The summed E-state index contributed by atoms with van der Waals surface area (Å²) in [5.41, 5.74) is 2.24. The summed E-state index contributed by atoms with van der Waals surface area (Å²) in [6.07, 6.45) is 0. The molecular formula is C22H22ClN3O3. The van der Waals surface area contributed by atoms with Crippen LogP contribution in [0.5, 0.6) is 0 Å². The number of ether oxygens (including phenoxy) is 1. The Labute approximate surface area is 174 Å². The first kappa shape index (κ1) is 19.6. The SMILES string of the molecule is O=C(NC[C@H](c1ccc(Cl)cc1)N1CCOCC1)c1cc(-c2ccccc2)on1. The van der Waals surface area contributed by atoms with Crippen LogP contribution in [0.3, 0.4) is 0 Å². The molecule has 3 aromatic rings. The zero-order valence-electron chi connectivity index (χ0n) is 15.9. The number of nitrogens with one attached hydrogen (secondary N) is 1. The molecule has 0 bridgehead atoms. The summed E-state index contributed by atoms with van der Waals surface area (Å²) in [5, 5.41) is 7.62. The molecule has 29 heavy (non-hydrogen) atoms. The fourth-order valence-corrected chi connectivity index (χ4v) is 3.56. The lowest BCUT2D eigenvalue weighted by Crippen LogP contribution is -2.43. The molecule has 1 aliphatic heterocycles. The van der Waals surface area contributed by atoms with Crippen molar-refractivity contribution in [2.75, 3.05) is 32.8 Å². The Bertz CT molecular complexity index is 937. The molecule has 0 radical (unpaired) electrons. The molecule has 150 valence electrons. The maximum absolute atomic E-state index is 12.7. The highest BCUT2D eigenvalue weighted by Gasteiger charge is 2.24. The van der Waals surface area contributed by atoms with Gasteiger partial charge in [0.05, 0.1) is 19.3 Å². The number of benzene rings is 2. The molecular weight excluding hydrogens is 390 g/mol. The number of carbonyl (C=O) groups excluding carboxylic acids is 1. The molecule has 1 amide bonds. The third kappa shape index (κ3) is 4.85. The van der Waals surface area contributed by atoms with Gasteiger partial charge < -0.3 is 14.6 Å². The molecule has 0 saturated carbocycles. The van der Waals surface area contributed by atoms with E-state index >= 15 is 0 Å². The standard InChI is InChI=1S/C22H22ClN3O3/c23-18-8-6-16(7-9-18)20(26-10-12-28-13-11-26)15-24-22(27)19-14-21(29-25-19)17-4-2-1-3-5-17/h1-9,14,20H,10-13,15H2,(H,24,27)/t20-/m1/s1. The van der Waals surface area contributed by atoms with E-state index in [9.17, 15) is 4.79 Å². The number of nitrogens with zero attached hydrogens (tertiary/aromatic N) is 2. The van der Waals surface area contributed by atoms with Crippen molar-refractivity contribution in [3.63, 3.8) is 0 Å². The molecule has 0 unspecified atom stereocenters. The van der Waals surface area contributed by atoms with Gasteiger partial charge in [-0.25, -0.2) is 0 Å². The monoisotopic (exact) mass is 411 g/mol. The van der Waals surface area contributed by atoms with Crippen molar-refractivity contribution in [3.8, 4) is 11.3 Å². The predicted molar refractivity (Wildman–Crippen MR) is 111 cm³/mol. The Morgan fingerprint density at radius 1 is 1.10 bits per heavy atom. The molecule has 1 saturated heterocycles. The summed E-state index contributed by atoms with van der Waals surface area (Å²) in [7, 11) is 0. The Balaban J connectivity index is 1.46. The average molecular weight is 412 g/mol. The molecule has 4 rings (SSSR count). The molecule has 1 aromatic heterocycles. The number of morpholine rings is 1. The quantitative estimate of drug-likeness (QED) is 0.668. The molecule has 1 fully saturated rings. The fourth-order valence-electron chi connectivity index (χ4n) is 3.43. The van der Waals surface area contributed by atoms with Crippen molar-refractivity contribution >= 4 is 17.5 Å². The van der Waals surface area contributed by atoms with Gasteiger partial charge in [0.1, 0.15) is 0 Å². The number of hydrogen-bond donors (Lipinski definition) is 1. The van der Waals surface area contributed by atoms with Gasteiger partial charge in [-0.1, -0.05) is 59.2 Å². The van der Waals surface area contributed by atoms with E-state index in [-0.39, 0.29) is 17.6 Å². The molecule has 1 aliphatic rings. The second kappa shape index (κ2) is 9.22. The third-order valence-corrected chi connectivity index (χ3v) is 5.25. The van der Waals surface area contributed by atoms with Crippen molar-refractivity contribution in [2.45, 2.75) is 6.04 Å². The van der Waals surface area contributed by atoms with E-state index in [4.69, 9.17) is 20.9 Å². The van der Waals surface area contributed by atoms with Crippen LogP contribution in [0.1, 0.15) is 22.1 Å². The van der Waals surface area contributed by atoms with E-state index in [0.29, 0.717) is 30.5 Å². The number of amides is 1. The lowest BCUT2D eigenvalue weighted by Gasteiger charge is -2.34. The topological polar surface area (TPSA) is 67.6 Å². The van der Waals surface area contributed by atoms with Crippen LogP contribution in [0.2, 0.25) is 5.02 Å². The van der Waals surface area contributed by atoms with Crippen molar-refractivity contribution < 1.29 is 14.1 Å². The minimum atomic E-state index is -0.261. The fraction of sp³-hybridized carbons (Fsp3) is 0.273. The van der Waals surface area contributed by atoms with E-state index in [0.717, 1.165) is 24.2 Å². The van der Waals surface area contributed by atoms with Crippen LogP contribution in [-0.4, -0.2) is 48.8 Å². The van der Waals surface area contributed by atoms with E-state index < -0.39 is 0 Å². The molecule has 0 aliphatic carbocycles. The normalized spacial score (nSPS) is 15.8. The van der Waals surface area contributed by atoms with Gasteiger partial charge in [-0.2, -0.15) is 0 Å². The van der Waals surface area contributed by atoms with Crippen LogP contribution in [0.4, 0.5) is 0 Å². The van der Waals surface area contributed by atoms with Gasteiger partial charge in [0.15, 0.2) is 11.5 Å². The number of hydrogen-bond acceptors (Lipinski definition) is 5. The molecule has 0 spiro atoms. The highest BCUT2D eigenvalue weighted by atomic mass is 35.5. The zero-order valence-corrected chi connectivity index (χ0v) is 16.6. The lowest BCUT2D eigenvalue weighted by atomic mass is 10.0. The summed E-state index contributed by atoms with van der Waals surface area (Å²) in [4.78, 5) is 15.0. The van der Waals surface area contributed by atoms with Gasteiger partial charge in [0.25, 0.3) is 5.91 Å². The molecule has 2 heterocycles. The Kier molecular flexibility index (Phi) is 6.24. The van der Waals surface area contributed by atoms with Gasteiger partial charge in [0.2, 0.25) is 0 Å². The molecule has 7 heteroatoms. The van der Waals surface area contributed by atoms with Crippen molar-refractivity contribution in [2.24, 2.45) is 0 Å². The Morgan fingerprint density at radius 2 is 1.83 bits per heavy atom. The first-order chi connectivity index (χ1) is 14.2. The second-order valence-electron chi connectivity index (χ2n) is 6.87. The van der Waals surface area contributed by atoms with E-state index in [1.807, 2.05) is 54.6 Å². The van der Waals surface area contributed by atoms with E-state index in [1.165, 1.54) is 0 Å². The smallest absolute Gasteiger partial charge is 0.273 e. The first-order valence-corrected chi connectivity index (χ1v) is 9.96. The Morgan fingerprint density at radius 3 is 2.55 bits per heavy atom. The zero-order chi connectivity index (χ0) is 20.1. The third-order valence-electron chi connectivity index (χ3n) is 5.00. The minimum absolute atomic E-state index is 0.0283. The van der Waals surface area contributed by atoms with E-state index in [1.54, 1.807) is 6.07 Å². The highest BCUT2D eigenvalue weighted by Crippen LogP contribution is 2.24. The summed E-state index contributed by atoms with van der Waals surface area (Å²) in [6, 6.07) is 19.0. The first-order valence-electron chi connectivity index (χ1n) is 9.58. The maximum atomic E-state index is 12.7. The number of halogens is 1. The number of aromatic nitrogens is 1. The average Bonchev–Trinajstić information content (AvgIpc) is 3.27. The summed E-state index contributed by atoms with van der Waals surface area (Å²) >= 11 is 6.04. The number of carbonyl (C=O) groups is 1. The molecule has 6 nitrogen and oxygen atoms in total. The van der Waals surface area contributed by atoms with Gasteiger partial charge in [-0.3, -0.25) is 9.69 Å². The number of rotatable bonds is 6. The van der Waals surface area contributed by atoms with Crippen LogP contribution in [-0.2, 0) is 4.74 Å². The van der Waals surface area contributed by atoms with Crippen LogP contribution in [0.15, 0.2) is 65.2 Å². The minimum Gasteiger partial charge on any atom is -0.379 e. The van der Waals surface area contributed by atoms with Gasteiger partial charge in [0, 0.05) is 36.3 Å². The summed E-state index contributed by atoms with van der Waals surface area (Å²) in [6.45, 7) is 3.44. The van der Waals surface area contributed by atoms with Crippen LogP contribution < -0.4 is 5.32 Å². The van der Waals surface area contributed by atoms with E-state index in [2.05, 4.69) is 15.4 Å². The van der Waals surface area contributed by atoms with Crippen molar-refractivity contribution in [1.82, 2.24) is 15.4 Å².